The van der Waals surface area contributed by atoms with Gasteiger partial charge in [-0.25, -0.2) is 0 Å². The average Bonchev–Trinajstić information content (AvgIpc) is 2.26. The summed E-state index contributed by atoms with van der Waals surface area (Å²) in [7, 11) is 1.88. The lowest BCUT2D eigenvalue weighted by molar-refractivity contribution is 0.830. The number of rotatable bonds is 2. The first kappa shape index (κ1) is 12.5. The van der Waals surface area contributed by atoms with Gasteiger partial charge >= 0.3 is 0 Å². The number of hydrogen-bond donors (Lipinski definition) is 1. The second-order valence-corrected chi connectivity index (χ2v) is 5.12. The average molecular weight is 269 g/mol. The first-order chi connectivity index (χ1) is 8.02. The largest absolute Gasteiger partial charge is 0.387 e. The summed E-state index contributed by atoms with van der Waals surface area (Å²) in [6.07, 6.45) is 0. The van der Waals surface area contributed by atoms with E-state index in [1.54, 1.807) is 6.07 Å². The van der Waals surface area contributed by atoms with Crippen LogP contribution in [-0.2, 0) is 0 Å². The zero-order valence-corrected chi connectivity index (χ0v) is 11.5. The van der Waals surface area contributed by atoms with Crippen LogP contribution in [0, 0.1) is 0 Å². The van der Waals surface area contributed by atoms with E-state index >= 15 is 0 Å². The number of pyridine rings is 1. The van der Waals surface area contributed by atoms with E-state index in [0.29, 0.717) is 16.0 Å². The number of halogens is 2. The quantitative estimate of drug-likeness (QED) is 0.854. The lowest BCUT2D eigenvalue weighted by Gasteiger charge is -2.12. The van der Waals surface area contributed by atoms with Gasteiger partial charge in [0, 0.05) is 28.8 Å². The van der Waals surface area contributed by atoms with E-state index in [4.69, 9.17) is 23.2 Å². The van der Waals surface area contributed by atoms with E-state index in [0.717, 1.165) is 22.3 Å². The molecule has 1 aromatic heterocycles. The van der Waals surface area contributed by atoms with Crippen LogP contribution in [0.2, 0.25) is 10.0 Å². The molecule has 0 aliphatic rings. The molecular weight excluding hydrogens is 255 g/mol. The van der Waals surface area contributed by atoms with Gasteiger partial charge in [0.1, 0.15) is 0 Å². The second kappa shape index (κ2) is 4.71. The van der Waals surface area contributed by atoms with E-state index in [1.165, 1.54) is 0 Å². The van der Waals surface area contributed by atoms with Crippen LogP contribution in [0.5, 0.6) is 0 Å². The Balaban J connectivity index is 2.82. The monoisotopic (exact) mass is 268 g/mol. The van der Waals surface area contributed by atoms with Gasteiger partial charge in [-0.3, -0.25) is 4.98 Å². The van der Waals surface area contributed by atoms with Crippen LogP contribution in [0.15, 0.2) is 18.2 Å². The third-order valence-corrected chi connectivity index (χ3v) is 3.22. The Kier molecular flexibility index (Phi) is 3.45. The molecule has 4 heteroatoms. The number of benzene rings is 1. The number of aromatic nitrogens is 1. The van der Waals surface area contributed by atoms with Crippen molar-refractivity contribution in [2.24, 2.45) is 0 Å². The fourth-order valence-electron chi connectivity index (χ4n) is 1.80. The molecule has 0 saturated carbocycles. The van der Waals surface area contributed by atoms with Crippen LogP contribution < -0.4 is 5.32 Å². The number of hydrogen-bond acceptors (Lipinski definition) is 2. The molecule has 2 rings (SSSR count). The minimum Gasteiger partial charge on any atom is -0.387 e. The molecular formula is C13H14Cl2N2. The molecule has 0 spiro atoms. The fraction of sp³-hybridized carbons (Fsp3) is 0.308. The third kappa shape index (κ3) is 2.33. The summed E-state index contributed by atoms with van der Waals surface area (Å²) in [6.45, 7) is 4.22. The van der Waals surface area contributed by atoms with Gasteiger partial charge in [0.15, 0.2) is 0 Å². The van der Waals surface area contributed by atoms with Gasteiger partial charge in [-0.15, -0.1) is 0 Å². The molecule has 1 heterocycles. The lowest BCUT2D eigenvalue weighted by Crippen LogP contribution is -1.98. The van der Waals surface area contributed by atoms with E-state index in [1.807, 2.05) is 19.2 Å². The Hall–Kier alpha value is -0.990. The highest BCUT2D eigenvalue weighted by Gasteiger charge is 2.11. The molecule has 0 atom stereocenters. The Labute approximate surface area is 111 Å². The molecule has 0 radical (unpaired) electrons. The first-order valence-corrected chi connectivity index (χ1v) is 6.26. The molecule has 90 valence electrons. The third-order valence-electron chi connectivity index (χ3n) is 2.71. The SMILES string of the molecule is CNc1cc(C(C)C)nc2cc(Cl)cc(Cl)c12. The minimum absolute atomic E-state index is 0.365. The van der Waals surface area contributed by atoms with Crippen molar-refractivity contribution in [1.82, 2.24) is 4.98 Å². The summed E-state index contributed by atoms with van der Waals surface area (Å²) in [4.78, 5) is 4.60. The summed E-state index contributed by atoms with van der Waals surface area (Å²) >= 11 is 12.2. The number of fused-ring (bicyclic) bond motifs is 1. The van der Waals surface area contributed by atoms with Crippen LogP contribution in [-0.4, -0.2) is 12.0 Å². The molecule has 0 aliphatic carbocycles. The molecule has 0 fully saturated rings. The molecule has 0 saturated heterocycles. The molecule has 0 aliphatic heterocycles. The van der Waals surface area contributed by atoms with Crippen molar-refractivity contribution < 1.29 is 0 Å². The van der Waals surface area contributed by atoms with Crippen LogP contribution in [0.3, 0.4) is 0 Å². The molecule has 0 bridgehead atoms. The van der Waals surface area contributed by atoms with Gasteiger partial charge < -0.3 is 5.32 Å². The smallest absolute Gasteiger partial charge is 0.0756 e. The molecule has 17 heavy (non-hydrogen) atoms. The number of nitrogens with zero attached hydrogens (tertiary/aromatic N) is 1. The molecule has 0 unspecified atom stereocenters. The van der Waals surface area contributed by atoms with E-state index in [-0.39, 0.29) is 0 Å². The maximum absolute atomic E-state index is 6.21. The molecule has 1 N–H and O–H groups in total. The van der Waals surface area contributed by atoms with Crippen molar-refractivity contribution in [3.63, 3.8) is 0 Å². The summed E-state index contributed by atoms with van der Waals surface area (Å²) in [6, 6.07) is 5.62. The molecule has 0 amide bonds. The van der Waals surface area contributed by atoms with Gasteiger partial charge in [0.05, 0.1) is 10.5 Å². The zero-order chi connectivity index (χ0) is 12.6. The highest BCUT2D eigenvalue weighted by atomic mass is 35.5. The highest BCUT2D eigenvalue weighted by Crippen LogP contribution is 2.34. The topological polar surface area (TPSA) is 24.9 Å². The Morgan fingerprint density at radius 2 is 1.88 bits per heavy atom. The van der Waals surface area contributed by atoms with Gasteiger partial charge in [-0.2, -0.15) is 0 Å². The maximum Gasteiger partial charge on any atom is 0.0756 e. The summed E-state index contributed by atoms with van der Waals surface area (Å²) in [5.41, 5.74) is 2.85. The predicted octanol–water partition coefficient (Wildman–Crippen LogP) is 4.71. The van der Waals surface area contributed by atoms with E-state index in [9.17, 15) is 0 Å². The van der Waals surface area contributed by atoms with Crippen LogP contribution >= 0.6 is 23.2 Å². The Morgan fingerprint density at radius 1 is 1.18 bits per heavy atom. The number of nitrogens with one attached hydrogen (secondary N) is 1. The first-order valence-electron chi connectivity index (χ1n) is 5.50. The Morgan fingerprint density at radius 3 is 2.47 bits per heavy atom. The Bertz CT molecular complexity index is 565. The summed E-state index contributed by atoms with van der Waals surface area (Å²) in [5, 5.41) is 5.31. The van der Waals surface area contributed by atoms with Crippen molar-refractivity contribution >= 4 is 39.8 Å². The van der Waals surface area contributed by atoms with Gasteiger partial charge in [0.25, 0.3) is 0 Å². The molecule has 2 aromatic rings. The van der Waals surface area contributed by atoms with E-state index < -0.39 is 0 Å². The van der Waals surface area contributed by atoms with Crippen molar-refractivity contribution in [2.75, 3.05) is 12.4 Å². The molecule has 2 nitrogen and oxygen atoms in total. The lowest BCUT2D eigenvalue weighted by atomic mass is 10.1. The van der Waals surface area contributed by atoms with Crippen molar-refractivity contribution in [3.05, 3.63) is 33.9 Å². The van der Waals surface area contributed by atoms with Gasteiger partial charge in [0.2, 0.25) is 0 Å². The maximum atomic E-state index is 6.21. The number of anilines is 1. The zero-order valence-electron chi connectivity index (χ0n) is 10.0. The predicted molar refractivity (Wildman–Crippen MR) is 75.4 cm³/mol. The second-order valence-electron chi connectivity index (χ2n) is 4.28. The van der Waals surface area contributed by atoms with Crippen LogP contribution in [0.1, 0.15) is 25.5 Å². The minimum atomic E-state index is 0.365. The van der Waals surface area contributed by atoms with Gasteiger partial charge in [-0.1, -0.05) is 37.0 Å². The summed E-state index contributed by atoms with van der Waals surface area (Å²) in [5.74, 6) is 0.365. The van der Waals surface area contributed by atoms with Crippen molar-refractivity contribution in [3.8, 4) is 0 Å². The van der Waals surface area contributed by atoms with Gasteiger partial charge in [-0.05, 0) is 24.1 Å². The van der Waals surface area contributed by atoms with Crippen LogP contribution in [0.4, 0.5) is 5.69 Å². The molecule has 1 aromatic carbocycles. The fourth-order valence-corrected chi connectivity index (χ4v) is 2.38. The summed E-state index contributed by atoms with van der Waals surface area (Å²) < 4.78 is 0. The van der Waals surface area contributed by atoms with Crippen molar-refractivity contribution in [1.29, 1.82) is 0 Å². The standard InChI is InChI=1S/C13H14Cl2N2/c1-7(2)10-6-11(16-3)13-9(15)4-8(14)5-12(13)17-10/h4-7H,1-3H3,(H,16,17). The normalized spacial score (nSPS) is 11.2. The van der Waals surface area contributed by atoms with Crippen LogP contribution in [0.25, 0.3) is 10.9 Å². The van der Waals surface area contributed by atoms with Crippen molar-refractivity contribution in [2.45, 2.75) is 19.8 Å². The highest BCUT2D eigenvalue weighted by molar-refractivity contribution is 6.39. The van der Waals surface area contributed by atoms with E-state index in [2.05, 4.69) is 24.1 Å².